The number of carbonyl (C=O) groups excluding carboxylic acids is 1. The van der Waals surface area contributed by atoms with E-state index in [1.54, 1.807) is 7.11 Å². The summed E-state index contributed by atoms with van der Waals surface area (Å²) in [5.74, 6) is 0.287. The molecule has 0 fully saturated rings. The van der Waals surface area contributed by atoms with Gasteiger partial charge >= 0.3 is 0 Å². The van der Waals surface area contributed by atoms with Crippen molar-refractivity contribution in [1.82, 2.24) is 0 Å². The van der Waals surface area contributed by atoms with Gasteiger partial charge in [0.1, 0.15) is 5.78 Å². The van der Waals surface area contributed by atoms with Crippen LogP contribution in [0.2, 0.25) is 0 Å². The maximum atomic E-state index is 11.7. The van der Waals surface area contributed by atoms with Crippen LogP contribution in [-0.2, 0) is 16.0 Å². The fraction of sp³-hybridized carbons (Fsp3) is 0.500. The number of benzene rings is 1. The van der Waals surface area contributed by atoms with Gasteiger partial charge in [-0.3, -0.25) is 4.79 Å². The summed E-state index contributed by atoms with van der Waals surface area (Å²) in [7, 11) is 1.68. The molecule has 0 heterocycles. The van der Waals surface area contributed by atoms with Gasteiger partial charge in [0, 0.05) is 20.0 Å². The van der Waals surface area contributed by atoms with E-state index in [0.717, 1.165) is 12.0 Å². The Balaban J connectivity index is 2.40. The summed E-state index contributed by atoms with van der Waals surface area (Å²) in [6.07, 6.45) is 2.11. The van der Waals surface area contributed by atoms with Gasteiger partial charge in [0.2, 0.25) is 0 Å². The molecule has 1 aromatic rings. The Morgan fingerprint density at radius 3 is 2.81 bits per heavy atom. The number of ketones is 1. The molecular weight excluding hydrogens is 200 g/mol. The minimum Gasteiger partial charge on any atom is -0.382 e. The molecule has 0 spiro atoms. The Morgan fingerprint density at radius 2 is 2.19 bits per heavy atom. The molecule has 16 heavy (non-hydrogen) atoms. The normalized spacial score (nSPS) is 12.4. The van der Waals surface area contributed by atoms with Crippen LogP contribution in [0.15, 0.2) is 24.3 Å². The van der Waals surface area contributed by atoms with Crippen LogP contribution in [0, 0.1) is 6.92 Å². The zero-order valence-electron chi connectivity index (χ0n) is 10.3. The van der Waals surface area contributed by atoms with Crippen LogP contribution in [0.1, 0.15) is 30.9 Å². The Bertz CT molecular complexity index is 344. The van der Waals surface area contributed by atoms with E-state index in [2.05, 4.69) is 6.07 Å². The van der Waals surface area contributed by atoms with Gasteiger partial charge in [-0.2, -0.15) is 0 Å². The molecule has 1 unspecified atom stereocenters. The number of rotatable bonds is 6. The van der Waals surface area contributed by atoms with Crippen molar-refractivity contribution in [2.75, 3.05) is 7.11 Å². The quantitative estimate of drug-likeness (QED) is 0.736. The predicted octanol–water partition coefficient (Wildman–Crippen LogP) is 2.92. The first-order valence-electron chi connectivity index (χ1n) is 5.72. The maximum Gasteiger partial charge on any atom is 0.137 e. The van der Waals surface area contributed by atoms with E-state index in [4.69, 9.17) is 4.74 Å². The first-order valence-corrected chi connectivity index (χ1v) is 5.72. The fourth-order valence-electron chi connectivity index (χ4n) is 1.62. The SMILES string of the molecule is COC(C)CCC(=O)Cc1cccc(C)c1. The molecule has 0 saturated carbocycles. The van der Waals surface area contributed by atoms with Crippen molar-refractivity contribution < 1.29 is 9.53 Å². The molecule has 0 aliphatic rings. The number of carbonyl (C=O) groups is 1. The lowest BCUT2D eigenvalue weighted by atomic mass is 10.0. The minimum atomic E-state index is 0.168. The van der Waals surface area contributed by atoms with Gasteiger partial charge in [0.05, 0.1) is 6.10 Å². The monoisotopic (exact) mass is 220 g/mol. The second-order valence-corrected chi connectivity index (χ2v) is 4.29. The van der Waals surface area contributed by atoms with E-state index >= 15 is 0 Å². The highest BCUT2D eigenvalue weighted by atomic mass is 16.5. The lowest BCUT2D eigenvalue weighted by Crippen LogP contribution is -2.10. The molecule has 1 aromatic carbocycles. The van der Waals surface area contributed by atoms with Crippen LogP contribution in [0.25, 0.3) is 0 Å². The van der Waals surface area contributed by atoms with Crippen molar-refractivity contribution in [1.29, 1.82) is 0 Å². The van der Waals surface area contributed by atoms with Crippen LogP contribution in [0.4, 0.5) is 0 Å². The number of Topliss-reactive ketones (excluding diaryl/α,β-unsaturated/α-hetero) is 1. The van der Waals surface area contributed by atoms with Gasteiger partial charge in [-0.25, -0.2) is 0 Å². The second kappa shape index (κ2) is 6.44. The van der Waals surface area contributed by atoms with Crippen molar-refractivity contribution >= 4 is 5.78 Å². The van der Waals surface area contributed by atoms with Crippen LogP contribution in [0.3, 0.4) is 0 Å². The third kappa shape index (κ3) is 4.58. The maximum absolute atomic E-state index is 11.7. The second-order valence-electron chi connectivity index (χ2n) is 4.29. The Morgan fingerprint density at radius 1 is 1.44 bits per heavy atom. The average Bonchev–Trinajstić information content (AvgIpc) is 2.26. The van der Waals surface area contributed by atoms with Crippen LogP contribution >= 0.6 is 0 Å². The molecule has 2 nitrogen and oxygen atoms in total. The van der Waals surface area contributed by atoms with Gasteiger partial charge in [-0.1, -0.05) is 29.8 Å². The number of hydrogen-bond acceptors (Lipinski definition) is 2. The molecule has 2 heteroatoms. The van der Waals surface area contributed by atoms with Gasteiger partial charge in [-0.15, -0.1) is 0 Å². The molecule has 0 aliphatic heterocycles. The Labute approximate surface area is 97.6 Å². The molecule has 0 saturated heterocycles. The molecule has 88 valence electrons. The van der Waals surface area contributed by atoms with Gasteiger partial charge < -0.3 is 4.74 Å². The predicted molar refractivity (Wildman–Crippen MR) is 65.6 cm³/mol. The zero-order chi connectivity index (χ0) is 12.0. The van der Waals surface area contributed by atoms with E-state index in [0.29, 0.717) is 12.8 Å². The van der Waals surface area contributed by atoms with Gasteiger partial charge in [0.25, 0.3) is 0 Å². The highest BCUT2D eigenvalue weighted by Crippen LogP contribution is 2.08. The number of aryl methyl sites for hydroxylation is 1. The van der Waals surface area contributed by atoms with Gasteiger partial charge in [0.15, 0.2) is 0 Å². The summed E-state index contributed by atoms with van der Waals surface area (Å²) in [5, 5.41) is 0. The zero-order valence-corrected chi connectivity index (χ0v) is 10.3. The summed E-state index contributed by atoms with van der Waals surface area (Å²) >= 11 is 0. The van der Waals surface area contributed by atoms with E-state index < -0.39 is 0 Å². The molecular formula is C14H20O2. The third-order valence-electron chi connectivity index (χ3n) is 2.72. The molecule has 1 atom stereocenters. The van der Waals surface area contributed by atoms with E-state index in [1.807, 2.05) is 32.0 Å². The molecule has 0 bridgehead atoms. The van der Waals surface area contributed by atoms with E-state index in [1.165, 1.54) is 5.56 Å². The topological polar surface area (TPSA) is 26.3 Å². The Hall–Kier alpha value is -1.15. The van der Waals surface area contributed by atoms with Crippen LogP contribution in [0.5, 0.6) is 0 Å². The van der Waals surface area contributed by atoms with Crippen LogP contribution in [-0.4, -0.2) is 19.0 Å². The standard InChI is InChI=1S/C14H20O2/c1-11-5-4-6-13(9-11)10-14(15)8-7-12(2)16-3/h4-6,9,12H,7-8,10H2,1-3H3. The summed E-state index contributed by atoms with van der Waals surface area (Å²) in [4.78, 5) is 11.7. The lowest BCUT2D eigenvalue weighted by Gasteiger charge is -2.08. The van der Waals surface area contributed by atoms with Crippen molar-refractivity contribution in [2.24, 2.45) is 0 Å². The number of ether oxygens (including phenoxy) is 1. The Kier molecular flexibility index (Phi) is 5.20. The van der Waals surface area contributed by atoms with Crippen molar-refractivity contribution in [3.05, 3.63) is 35.4 Å². The van der Waals surface area contributed by atoms with Crippen molar-refractivity contribution in [2.45, 2.75) is 39.2 Å². The minimum absolute atomic E-state index is 0.168. The number of hydrogen-bond donors (Lipinski definition) is 0. The lowest BCUT2D eigenvalue weighted by molar-refractivity contribution is -0.119. The summed E-state index contributed by atoms with van der Waals surface area (Å²) < 4.78 is 5.12. The molecule has 1 rings (SSSR count). The average molecular weight is 220 g/mol. The molecule has 0 N–H and O–H groups in total. The molecule has 0 amide bonds. The summed E-state index contributed by atoms with van der Waals surface area (Å²) in [6, 6.07) is 8.11. The van der Waals surface area contributed by atoms with E-state index in [-0.39, 0.29) is 11.9 Å². The molecule has 0 aromatic heterocycles. The third-order valence-corrected chi connectivity index (χ3v) is 2.72. The van der Waals surface area contributed by atoms with E-state index in [9.17, 15) is 4.79 Å². The van der Waals surface area contributed by atoms with Crippen molar-refractivity contribution in [3.63, 3.8) is 0 Å². The summed E-state index contributed by atoms with van der Waals surface area (Å²) in [5.41, 5.74) is 2.31. The first-order chi connectivity index (χ1) is 7.61. The smallest absolute Gasteiger partial charge is 0.137 e. The van der Waals surface area contributed by atoms with Crippen molar-refractivity contribution in [3.8, 4) is 0 Å². The van der Waals surface area contributed by atoms with Crippen LogP contribution < -0.4 is 0 Å². The summed E-state index contributed by atoms with van der Waals surface area (Å²) in [6.45, 7) is 4.03. The molecule has 0 radical (unpaired) electrons. The molecule has 0 aliphatic carbocycles. The fourth-order valence-corrected chi connectivity index (χ4v) is 1.62. The highest BCUT2D eigenvalue weighted by molar-refractivity contribution is 5.80. The highest BCUT2D eigenvalue weighted by Gasteiger charge is 2.07. The van der Waals surface area contributed by atoms with Gasteiger partial charge in [-0.05, 0) is 25.8 Å². The first kappa shape index (κ1) is 12.9. The largest absolute Gasteiger partial charge is 0.382 e. The number of methoxy groups -OCH3 is 1.